The Morgan fingerprint density at radius 3 is 2.64 bits per heavy atom. The Kier molecular flexibility index (Phi) is 5.97. The number of ether oxygens (including phenoxy) is 1. The van der Waals surface area contributed by atoms with Crippen molar-refractivity contribution in [3.63, 3.8) is 0 Å². The Balaban J connectivity index is 1.98. The molecule has 10 heteroatoms. The van der Waals surface area contributed by atoms with Crippen LogP contribution in [0.1, 0.15) is 18.7 Å². The van der Waals surface area contributed by atoms with Crippen LogP contribution in [0.3, 0.4) is 0 Å². The fourth-order valence-corrected chi connectivity index (χ4v) is 3.70. The number of aromatic nitrogens is 5. The number of nitrogens with zero attached hydrogens (tertiary/aromatic N) is 5. The van der Waals surface area contributed by atoms with Gasteiger partial charge in [-0.25, -0.2) is 14.2 Å². The van der Waals surface area contributed by atoms with Crippen LogP contribution in [0, 0.1) is 5.82 Å². The zero-order chi connectivity index (χ0) is 20.5. The largest absolute Gasteiger partial charge is 0.361 e. The summed E-state index contributed by atoms with van der Waals surface area (Å²) in [6.07, 6.45) is 2.63. The van der Waals surface area contributed by atoms with Gasteiger partial charge in [0.1, 0.15) is 18.1 Å². The van der Waals surface area contributed by atoms with Crippen molar-refractivity contribution >= 4 is 30.8 Å². The topological polar surface area (TPSA) is 74.8 Å². The summed E-state index contributed by atoms with van der Waals surface area (Å²) in [5.74, 6) is -0.438. The van der Waals surface area contributed by atoms with Gasteiger partial charge in [0, 0.05) is 14.7 Å². The van der Waals surface area contributed by atoms with Gasteiger partial charge < -0.3 is 4.74 Å². The van der Waals surface area contributed by atoms with Crippen molar-refractivity contribution < 1.29 is 9.13 Å². The van der Waals surface area contributed by atoms with E-state index in [9.17, 15) is 9.18 Å². The van der Waals surface area contributed by atoms with Crippen LogP contribution >= 0.6 is 11.6 Å². The minimum Gasteiger partial charge on any atom is -0.361 e. The lowest BCUT2D eigenvalue weighted by Gasteiger charge is -2.15. The first-order valence-electron chi connectivity index (χ1n) is 9.00. The van der Waals surface area contributed by atoms with E-state index >= 15 is 0 Å². The standard InChI is InChI=1S/C18H23ClFN5O2Si/c1-12(14-6-5-13(20)9-21-14)25-16-15(10-22-17(19)23-16)24(18(25)26)11-27-7-8-28(2,3)4/h5-6,9-10,12H,7-8,11H2,1-4H3/t12-/m1/s1. The number of halogens is 2. The highest BCUT2D eigenvalue weighted by molar-refractivity contribution is 6.76. The van der Waals surface area contributed by atoms with Crippen molar-refractivity contribution in [2.75, 3.05) is 6.61 Å². The average Bonchev–Trinajstić information content (AvgIpc) is 2.89. The molecule has 1 atom stereocenters. The number of fused-ring (bicyclic) bond motifs is 1. The van der Waals surface area contributed by atoms with E-state index in [1.807, 2.05) is 0 Å². The van der Waals surface area contributed by atoms with E-state index in [-0.39, 0.29) is 17.7 Å². The van der Waals surface area contributed by atoms with E-state index in [2.05, 4.69) is 34.6 Å². The van der Waals surface area contributed by atoms with Gasteiger partial charge in [-0.3, -0.25) is 14.1 Å². The first-order valence-corrected chi connectivity index (χ1v) is 13.1. The van der Waals surface area contributed by atoms with E-state index < -0.39 is 19.9 Å². The molecule has 0 aliphatic rings. The van der Waals surface area contributed by atoms with Crippen LogP contribution in [0.2, 0.25) is 31.0 Å². The molecule has 0 aliphatic carbocycles. The first-order chi connectivity index (χ1) is 13.2. The first kappa shape index (κ1) is 20.6. The van der Waals surface area contributed by atoms with Crippen molar-refractivity contribution in [1.29, 1.82) is 0 Å². The summed E-state index contributed by atoms with van der Waals surface area (Å²) in [5.41, 5.74) is 1.14. The lowest BCUT2D eigenvalue weighted by Crippen LogP contribution is -2.29. The molecule has 0 radical (unpaired) electrons. The van der Waals surface area contributed by atoms with Crippen LogP contribution < -0.4 is 5.69 Å². The van der Waals surface area contributed by atoms with Gasteiger partial charge in [-0.1, -0.05) is 19.6 Å². The highest BCUT2D eigenvalue weighted by atomic mass is 35.5. The Morgan fingerprint density at radius 2 is 2.00 bits per heavy atom. The third-order valence-electron chi connectivity index (χ3n) is 4.46. The quantitative estimate of drug-likeness (QED) is 0.329. The molecular formula is C18H23ClFN5O2Si. The fraction of sp³-hybridized carbons (Fsp3) is 0.444. The van der Waals surface area contributed by atoms with Crippen LogP contribution in [-0.2, 0) is 11.5 Å². The number of imidazole rings is 1. The van der Waals surface area contributed by atoms with E-state index in [4.69, 9.17) is 16.3 Å². The second kappa shape index (κ2) is 8.10. The highest BCUT2D eigenvalue weighted by Crippen LogP contribution is 2.21. The second-order valence-electron chi connectivity index (χ2n) is 7.85. The van der Waals surface area contributed by atoms with Gasteiger partial charge in [-0.2, -0.15) is 4.98 Å². The molecule has 3 aromatic rings. The summed E-state index contributed by atoms with van der Waals surface area (Å²) in [6.45, 7) is 9.28. The molecule has 3 rings (SSSR count). The van der Waals surface area contributed by atoms with Gasteiger partial charge in [0.25, 0.3) is 0 Å². The molecule has 0 amide bonds. The van der Waals surface area contributed by atoms with Crippen LogP contribution in [0.4, 0.5) is 4.39 Å². The average molecular weight is 424 g/mol. The van der Waals surface area contributed by atoms with Gasteiger partial charge >= 0.3 is 5.69 Å². The molecule has 0 bridgehead atoms. The van der Waals surface area contributed by atoms with Crippen LogP contribution in [0.25, 0.3) is 11.2 Å². The zero-order valence-corrected chi connectivity index (χ0v) is 18.1. The van der Waals surface area contributed by atoms with Crippen molar-refractivity contribution in [2.45, 2.75) is 45.4 Å². The molecule has 0 fully saturated rings. The molecule has 0 saturated carbocycles. The molecule has 0 N–H and O–H groups in total. The molecule has 0 spiro atoms. The monoisotopic (exact) mass is 423 g/mol. The predicted molar refractivity (Wildman–Crippen MR) is 109 cm³/mol. The second-order valence-corrected chi connectivity index (χ2v) is 13.8. The van der Waals surface area contributed by atoms with Gasteiger partial charge in [0.05, 0.1) is 24.1 Å². The fourth-order valence-electron chi connectivity index (χ4n) is 2.81. The van der Waals surface area contributed by atoms with Crippen LogP contribution in [-0.4, -0.2) is 38.8 Å². The molecule has 0 aromatic carbocycles. The predicted octanol–water partition coefficient (Wildman–Crippen LogP) is 3.70. The van der Waals surface area contributed by atoms with Crippen molar-refractivity contribution in [1.82, 2.24) is 24.1 Å². The van der Waals surface area contributed by atoms with Crippen molar-refractivity contribution in [2.24, 2.45) is 0 Å². The van der Waals surface area contributed by atoms with Gasteiger partial charge in [-0.15, -0.1) is 0 Å². The molecule has 0 unspecified atom stereocenters. The van der Waals surface area contributed by atoms with Crippen LogP contribution in [0.5, 0.6) is 0 Å². The summed E-state index contributed by atoms with van der Waals surface area (Å²) in [7, 11) is -1.23. The lowest BCUT2D eigenvalue weighted by atomic mass is 10.2. The third-order valence-corrected chi connectivity index (χ3v) is 6.35. The van der Waals surface area contributed by atoms with Gasteiger partial charge in [0.15, 0.2) is 5.65 Å². The normalized spacial score (nSPS) is 13.2. The summed E-state index contributed by atoms with van der Waals surface area (Å²) in [4.78, 5) is 25.4. The number of rotatable bonds is 7. The SMILES string of the molecule is C[C@H](c1ccc(F)cn1)n1c(=O)n(COCC[Si](C)(C)C)c2cnc(Cl)nc21. The number of pyridine rings is 1. The summed E-state index contributed by atoms with van der Waals surface area (Å²) < 4.78 is 21.9. The molecule has 0 saturated heterocycles. The zero-order valence-electron chi connectivity index (χ0n) is 16.3. The highest BCUT2D eigenvalue weighted by Gasteiger charge is 2.22. The Morgan fingerprint density at radius 1 is 1.25 bits per heavy atom. The summed E-state index contributed by atoms with van der Waals surface area (Å²) in [5, 5.41) is 0.0392. The maximum absolute atomic E-state index is 13.2. The van der Waals surface area contributed by atoms with E-state index in [0.717, 1.165) is 12.2 Å². The van der Waals surface area contributed by atoms with Crippen LogP contribution in [0.15, 0.2) is 29.3 Å². The lowest BCUT2D eigenvalue weighted by molar-refractivity contribution is 0.0870. The molecule has 3 heterocycles. The maximum Gasteiger partial charge on any atom is 0.332 e. The molecule has 28 heavy (non-hydrogen) atoms. The van der Waals surface area contributed by atoms with Crippen molar-refractivity contribution in [3.05, 3.63) is 51.8 Å². The minimum absolute atomic E-state index is 0.0392. The summed E-state index contributed by atoms with van der Waals surface area (Å²) in [6, 6.07) is 3.39. The molecule has 3 aromatic heterocycles. The third kappa shape index (κ3) is 4.48. The Bertz CT molecular complexity index is 1030. The smallest absolute Gasteiger partial charge is 0.332 e. The van der Waals surface area contributed by atoms with E-state index in [0.29, 0.717) is 23.5 Å². The number of hydrogen-bond acceptors (Lipinski definition) is 5. The van der Waals surface area contributed by atoms with Gasteiger partial charge in [0.2, 0.25) is 5.28 Å². The molecule has 7 nitrogen and oxygen atoms in total. The van der Waals surface area contributed by atoms with Gasteiger partial charge in [-0.05, 0) is 36.7 Å². The molecular weight excluding hydrogens is 401 g/mol. The molecule has 0 aliphatic heterocycles. The maximum atomic E-state index is 13.2. The van der Waals surface area contributed by atoms with E-state index in [1.54, 1.807) is 13.0 Å². The Hall–Kier alpha value is -2.10. The summed E-state index contributed by atoms with van der Waals surface area (Å²) >= 11 is 5.96. The molecule has 150 valence electrons. The Labute approximate surface area is 168 Å². The minimum atomic E-state index is -1.23. The van der Waals surface area contributed by atoms with E-state index in [1.165, 1.54) is 21.4 Å². The number of hydrogen-bond donors (Lipinski definition) is 0. The van der Waals surface area contributed by atoms with Crippen molar-refractivity contribution in [3.8, 4) is 0 Å².